The van der Waals surface area contributed by atoms with Gasteiger partial charge in [-0.15, -0.1) is 0 Å². The highest BCUT2D eigenvalue weighted by Gasteiger charge is 2.07. The predicted molar refractivity (Wildman–Crippen MR) is 120 cm³/mol. The molecule has 2 rings (SSSR count). The van der Waals surface area contributed by atoms with Gasteiger partial charge in [-0.1, -0.05) is 41.6 Å². The van der Waals surface area contributed by atoms with Gasteiger partial charge in [-0.25, -0.2) is 0 Å². The third-order valence-corrected chi connectivity index (χ3v) is 4.63. The Morgan fingerprint density at radius 2 is 1.76 bits per heavy atom. The van der Waals surface area contributed by atoms with Crippen molar-refractivity contribution in [2.24, 2.45) is 5.16 Å². The van der Waals surface area contributed by atoms with E-state index in [1.807, 2.05) is 37.3 Å². The molecular formula is C25H33NO3. The number of benzene rings is 2. The normalized spacial score (nSPS) is 11.3. The fourth-order valence-electron chi connectivity index (χ4n) is 3.19. The van der Waals surface area contributed by atoms with Crippen LogP contribution >= 0.6 is 0 Å². The number of aryl methyl sites for hydroxylation is 3. The Labute approximate surface area is 175 Å². The number of oxime groups is 1. The van der Waals surface area contributed by atoms with Crippen LogP contribution in [0.15, 0.2) is 53.7 Å². The second kappa shape index (κ2) is 12.7. The summed E-state index contributed by atoms with van der Waals surface area (Å²) in [5, 5.41) is 3.82. The van der Waals surface area contributed by atoms with Crippen LogP contribution in [-0.4, -0.2) is 26.5 Å². The van der Waals surface area contributed by atoms with E-state index in [1.54, 1.807) is 13.3 Å². The quantitative estimate of drug-likeness (QED) is 0.191. The summed E-state index contributed by atoms with van der Waals surface area (Å²) < 4.78 is 11.8. The molecule has 0 aliphatic carbocycles. The number of rotatable bonds is 12. The van der Waals surface area contributed by atoms with E-state index >= 15 is 0 Å². The molecule has 0 N–H and O–H groups in total. The van der Waals surface area contributed by atoms with Crippen LogP contribution in [0.4, 0.5) is 0 Å². The summed E-state index contributed by atoms with van der Waals surface area (Å²) in [5.74, 6) is 1.87. The molecule has 0 bridgehead atoms. The lowest BCUT2D eigenvalue weighted by Gasteiger charge is -2.14. The molecule has 0 atom stereocenters. The highest BCUT2D eigenvalue weighted by molar-refractivity contribution is 5.79. The Bertz CT molecular complexity index is 788. The van der Waals surface area contributed by atoms with Crippen LogP contribution in [0, 0.1) is 13.8 Å². The van der Waals surface area contributed by atoms with Gasteiger partial charge in [-0.2, -0.15) is 0 Å². The molecule has 2 aromatic carbocycles. The average molecular weight is 396 g/mol. The van der Waals surface area contributed by atoms with Crippen LogP contribution in [0.3, 0.4) is 0 Å². The molecule has 2 aromatic rings. The molecule has 0 aliphatic rings. The summed E-state index contributed by atoms with van der Waals surface area (Å²) in [6.45, 7) is 7.47. The minimum absolute atomic E-state index is 0.595. The Morgan fingerprint density at radius 1 is 0.966 bits per heavy atom. The van der Waals surface area contributed by atoms with Crippen molar-refractivity contribution >= 4 is 6.21 Å². The number of ether oxygens (including phenoxy) is 2. The first-order valence-corrected chi connectivity index (χ1v) is 10.3. The van der Waals surface area contributed by atoms with Crippen LogP contribution in [0.25, 0.3) is 0 Å². The van der Waals surface area contributed by atoms with E-state index in [0.717, 1.165) is 60.5 Å². The lowest BCUT2D eigenvalue weighted by Crippen LogP contribution is -2.02. The van der Waals surface area contributed by atoms with Crippen molar-refractivity contribution in [3.05, 3.63) is 70.8 Å². The molecule has 0 unspecified atom stereocenters. The monoisotopic (exact) mass is 395 g/mol. The standard InChI is InChI=1S/C25H33NO3/c1-5-6-14-28-24-16-20(2)25(21(3)17-24)29-15-9-7-8-11-22-12-10-13-23(18-22)19-26-27-4/h5-6,10,12-13,16-19H,7-9,11,14-15H2,1-4H3/b6-5+,26-19+. The van der Waals surface area contributed by atoms with Crippen molar-refractivity contribution in [1.82, 2.24) is 0 Å². The molecule has 4 heteroatoms. The largest absolute Gasteiger partial charge is 0.493 e. The van der Waals surface area contributed by atoms with Crippen molar-refractivity contribution in [2.45, 2.75) is 46.5 Å². The molecule has 0 saturated heterocycles. The molecule has 29 heavy (non-hydrogen) atoms. The minimum Gasteiger partial charge on any atom is -0.493 e. The molecule has 0 amide bonds. The summed E-state index contributed by atoms with van der Waals surface area (Å²) >= 11 is 0. The van der Waals surface area contributed by atoms with Crippen LogP contribution < -0.4 is 9.47 Å². The first-order valence-electron chi connectivity index (χ1n) is 10.3. The third-order valence-electron chi connectivity index (χ3n) is 4.63. The molecule has 0 heterocycles. The lowest BCUT2D eigenvalue weighted by molar-refractivity contribution is 0.215. The average Bonchev–Trinajstić information content (AvgIpc) is 2.71. The van der Waals surface area contributed by atoms with Gasteiger partial charge >= 0.3 is 0 Å². The van der Waals surface area contributed by atoms with Crippen molar-refractivity contribution < 1.29 is 14.3 Å². The van der Waals surface area contributed by atoms with Gasteiger partial charge in [0, 0.05) is 0 Å². The molecule has 0 fully saturated rings. The third kappa shape index (κ3) is 8.02. The molecular weight excluding hydrogens is 362 g/mol. The van der Waals surface area contributed by atoms with E-state index in [2.05, 4.69) is 37.2 Å². The Kier molecular flexibility index (Phi) is 9.84. The zero-order chi connectivity index (χ0) is 20.9. The van der Waals surface area contributed by atoms with E-state index in [4.69, 9.17) is 14.3 Å². The number of nitrogens with zero attached hydrogens (tertiary/aromatic N) is 1. The summed E-state index contributed by atoms with van der Waals surface area (Å²) in [5.41, 5.74) is 4.63. The van der Waals surface area contributed by atoms with Gasteiger partial charge < -0.3 is 14.3 Å². The Hall–Kier alpha value is -2.75. The van der Waals surface area contributed by atoms with Gasteiger partial charge in [0.15, 0.2) is 0 Å². The highest BCUT2D eigenvalue weighted by Crippen LogP contribution is 2.28. The zero-order valence-electron chi connectivity index (χ0n) is 18.1. The summed E-state index contributed by atoms with van der Waals surface area (Å²) in [6.07, 6.45) is 10.1. The summed E-state index contributed by atoms with van der Waals surface area (Å²) in [6, 6.07) is 12.5. The van der Waals surface area contributed by atoms with Gasteiger partial charge in [0.25, 0.3) is 0 Å². The van der Waals surface area contributed by atoms with Crippen molar-refractivity contribution in [3.8, 4) is 11.5 Å². The van der Waals surface area contributed by atoms with Crippen LogP contribution in [0.2, 0.25) is 0 Å². The molecule has 0 saturated carbocycles. The second-order valence-corrected chi connectivity index (χ2v) is 7.09. The number of allylic oxidation sites excluding steroid dienone is 1. The van der Waals surface area contributed by atoms with E-state index < -0.39 is 0 Å². The Morgan fingerprint density at radius 3 is 2.48 bits per heavy atom. The van der Waals surface area contributed by atoms with Gasteiger partial charge in [0.1, 0.15) is 25.2 Å². The van der Waals surface area contributed by atoms with Crippen molar-refractivity contribution in [2.75, 3.05) is 20.3 Å². The zero-order valence-corrected chi connectivity index (χ0v) is 18.1. The van der Waals surface area contributed by atoms with Crippen molar-refractivity contribution in [3.63, 3.8) is 0 Å². The number of hydrogen-bond acceptors (Lipinski definition) is 4. The molecule has 0 aromatic heterocycles. The van der Waals surface area contributed by atoms with Gasteiger partial charge in [0.2, 0.25) is 0 Å². The molecule has 0 aliphatic heterocycles. The van der Waals surface area contributed by atoms with E-state index in [1.165, 1.54) is 5.56 Å². The maximum absolute atomic E-state index is 6.06. The van der Waals surface area contributed by atoms with E-state index in [9.17, 15) is 0 Å². The summed E-state index contributed by atoms with van der Waals surface area (Å²) in [7, 11) is 1.55. The Balaban J connectivity index is 1.73. The van der Waals surface area contributed by atoms with Crippen LogP contribution in [0.5, 0.6) is 11.5 Å². The SMILES string of the molecule is C/C=C/COc1cc(C)c(OCCCCCc2cccc(/C=N/OC)c2)c(C)c1. The molecule has 4 nitrogen and oxygen atoms in total. The topological polar surface area (TPSA) is 40.0 Å². The lowest BCUT2D eigenvalue weighted by atomic mass is 10.0. The van der Waals surface area contributed by atoms with Crippen LogP contribution in [0.1, 0.15) is 48.4 Å². The van der Waals surface area contributed by atoms with Gasteiger partial charge in [-0.05, 0) is 80.8 Å². The second-order valence-electron chi connectivity index (χ2n) is 7.09. The fourth-order valence-corrected chi connectivity index (χ4v) is 3.19. The van der Waals surface area contributed by atoms with E-state index in [0.29, 0.717) is 6.61 Å². The van der Waals surface area contributed by atoms with Gasteiger partial charge in [0.05, 0.1) is 12.8 Å². The number of hydrogen-bond donors (Lipinski definition) is 0. The maximum Gasteiger partial charge on any atom is 0.125 e. The minimum atomic E-state index is 0.595. The smallest absolute Gasteiger partial charge is 0.125 e. The first kappa shape index (κ1) is 22.5. The molecule has 156 valence electrons. The number of unbranched alkanes of at least 4 members (excludes halogenated alkanes) is 2. The molecule has 0 spiro atoms. The van der Waals surface area contributed by atoms with E-state index in [-0.39, 0.29) is 0 Å². The van der Waals surface area contributed by atoms with Crippen molar-refractivity contribution in [1.29, 1.82) is 0 Å². The highest BCUT2D eigenvalue weighted by atomic mass is 16.6. The molecule has 0 radical (unpaired) electrons. The summed E-state index contributed by atoms with van der Waals surface area (Å²) in [4.78, 5) is 4.74. The first-order chi connectivity index (χ1) is 14.1. The predicted octanol–water partition coefficient (Wildman–Crippen LogP) is 6.03. The van der Waals surface area contributed by atoms with Crippen LogP contribution in [-0.2, 0) is 11.3 Å². The fraction of sp³-hybridized carbons (Fsp3) is 0.400. The van der Waals surface area contributed by atoms with Gasteiger partial charge in [-0.3, -0.25) is 0 Å². The maximum atomic E-state index is 6.06.